The van der Waals surface area contributed by atoms with Crippen molar-refractivity contribution in [2.75, 3.05) is 52.4 Å². The second-order valence-corrected chi connectivity index (χ2v) is 7.11. The lowest BCUT2D eigenvalue weighted by molar-refractivity contribution is -0.134. The number of rotatable bonds is 5. The molecule has 2 aliphatic heterocycles. The van der Waals surface area contributed by atoms with Gasteiger partial charge in [0.05, 0.1) is 19.4 Å². The van der Waals surface area contributed by atoms with E-state index in [2.05, 4.69) is 10.2 Å². The van der Waals surface area contributed by atoms with Crippen molar-refractivity contribution in [1.29, 1.82) is 0 Å². The predicted molar refractivity (Wildman–Crippen MR) is 99.1 cm³/mol. The number of furan rings is 1. The number of amides is 3. The van der Waals surface area contributed by atoms with E-state index in [9.17, 15) is 14.4 Å². The predicted octanol–water partition coefficient (Wildman–Crippen LogP) is 0.556. The summed E-state index contributed by atoms with van der Waals surface area (Å²) in [5, 5.41) is 2.58. The summed E-state index contributed by atoms with van der Waals surface area (Å²) in [4.78, 5) is 42.4. The van der Waals surface area contributed by atoms with Crippen LogP contribution in [0.3, 0.4) is 0 Å². The third kappa shape index (κ3) is 5.56. The fourth-order valence-electron chi connectivity index (χ4n) is 3.53. The highest BCUT2D eigenvalue weighted by atomic mass is 16.3. The van der Waals surface area contributed by atoms with Gasteiger partial charge in [-0.1, -0.05) is 12.8 Å². The first-order valence-corrected chi connectivity index (χ1v) is 9.73. The monoisotopic (exact) mass is 376 g/mol. The summed E-state index contributed by atoms with van der Waals surface area (Å²) in [6.07, 6.45) is 6.03. The summed E-state index contributed by atoms with van der Waals surface area (Å²) in [5.74, 6) is -0.120. The zero-order valence-corrected chi connectivity index (χ0v) is 15.7. The van der Waals surface area contributed by atoms with Crippen molar-refractivity contribution in [2.45, 2.75) is 25.7 Å². The second-order valence-electron chi connectivity index (χ2n) is 7.11. The van der Waals surface area contributed by atoms with Crippen LogP contribution >= 0.6 is 0 Å². The van der Waals surface area contributed by atoms with E-state index in [1.165, 1.54) is 19.1 Å². The van der Waals surface area contributed by atoms with Crippen molar-refractivity contribution in [2.24, 2.45) is 0 Å². The van der Waals surface area contributed by atoms with E-state index in [4.69, 9.17) is 4.42 Å². The Morgan fingerprint density at radius 1 is 0.889 bits per heavy atom. The first-order valence-electron chi connectivity index (χ1n) is 9.73. The summed E-state index contributed by atoms with van der Waals surface area (Å²) in [7, 11) is 0. The molecule has 2 aliphatic rings. The van der Waals surface area contributed by atoms with Crippen LogP contribution in [0.25, 0.3) is 0 Å². The van der Waals surface area contributed by atoms with Gasteiger partial charge in [0.2, 0.25) is 11.8 Å². The van der Waals surface area contributed by atoms with Gasteiger partial charge >= 0.3 is 0 Å². The van der Waals surface area contributed by atoms with E-state index < -0.39 is 5.91 Å². The smallest absolute Gasteiger partial charge is 0.287 e. The molecule has 0 spiro atoms. The Morgan fingerprint density at radius 3 is 2.19 bits per heavy atom. The third-order valence-corrected chi connectivity index (χ3v) is 5.19. The first kappa shape index (κ1) is 19.4. The van der Waals surface area contributed by atoms with Gasteiger partial charge in [-0.05, 0) is 25.0 Å². The average Bonchev–Trinajstić information content (AvgIpc) is 3.09. The molecule has 8 heteroatoms. The maximum atomic E-state index is 12.5. The highest BCUT2D eigenvalue weighted by Crippen LogP contribution is 2.11. The number of hydrogen-bond acceptors (Lipinski definition) is 5. The molecule has 27 heavy (non-hydrogen) atoms. The minimum Gasteiger partial charge on any atom is -0.459 e. The van der Waals surface area contributed by atoms with Crippen LogP contribution in [0, 0.1) is 0 Å². The molecule has 0 aliphatic carbocycles. The van der Waals surface area contributed by atoms with Crippen LogP contribution < -0.4 is 5.32 Å². The molecule has 2 saturated heterocycles. The summed E-state index contributed by atoms with van der Waals surface area (Å²) >= 11 is 0. The fourth-order valence-corrected chi connectivity index (χ4v) is 3.53. The van der Waals surface area contributed by atoms with Crippen LogP contribution in [0.5, 0.6) is 0 Å². The molecule has 1 aromatic rings. The Balaban J connectivity index is 1.37. The molecule has 0 radical (unpaired) electrons. The molecular weight excluding hydrogens is 348 g/mol. The Kier molecular flexibility index (Phi) is 6.86. The van der Waals surface area contributed by atoms with Crippen LogP contribution in [0.15, 0.2) is 22.8 Å². The summed E-state index contributed by atoms with van der Waals surface area (Å²) in [6.45, 7) is 4.61. The lowest BCUT2D eigenvalue weighted by atomic mass is 10.2. The number of nitrogens with zero attached hydrogens (tertiary/aromatic N) is 3. The SMILES string of the molecule is O=C(NCC(=O)N1CCN(CC(=O)N2CCCCCC2)CC1)c1ccco1. The second kappa shape index (κ2) is 9.55. The molecule has 0 atom stereocenters. The molecule has 0 saturated carbocycles. The van der Waals surface area contributed by atoms with Crippen LogP contribution in [0.4, 0.5) is 0 Å². The highest BCUT2D eigenvalue weighted by molar-refractivity contribution is 5.94. The maximum absolute atomic E-state index is 12.5. The lowest BCUT2D eigenvalue weighted by Crippen LogP contribution is -2.53. The molecule has 3 amide bonds. The Morgan fingerprint density at radius 2 is 1.56 bits per heavy atom. The van der Waals surface area contributed by atoms with Crippen molar-refractivity contribution >= 4 is 17.7 Å². The van der Waals surface area contributed by atoms with E-state index in [-0.39, 0.29) is 24.1 Å². The van der Waals surface area contributed by atoms with Gasteiger partial charge in [-0.15, -0.1) is 0 Å². The molecule has 0 aromatic carbocycles. The number of carbonyl (C=O) groups is 3. The van der Waals surface area contributed by atoms with Crippen LogP contribution in [-0.4, -0.2) is 84.8 Å². The number of piperazine rings is 1. The van der Waals surface area contributed by atoms with Gasteiger partial charge in [0.25, 0.3) is 5.91 Å². The largest absolute Gasteiger partial charge is 0.459 e. The van der Waals surface area contributed by atoms with E-state index in [1.54, 1.807) is 17.0 Å². The van der Waals surface area contributed by atoms with Crippen LogP contribution in [0.2, 0.25) is 0 Å². The topological polar surface area (TPSA) is 86.1 Å². The Hall–Kier alpha value is -2.35. The van der Waals surface area contributed by atoms with Gasteiger partial charge in [0, 0.05) is 39.3 Å². The number of hydrogen-bond donors (Lipinski definition) is 1. The van der Waals surface area contributed by atoms with Gasteiger partial charge < -0.3 is 19.5 Å². The van der Waals surface area contributed by atoms with Crippen molar-refractivity contribution in [3.05, 3.63) is 24.2 Å². The number of likely N-dealkylation sites (tertiary alicyclic amines) is 1. The average molecular weight is 376 g/mol. The van der Waals surface area contributed by atoms with Crippen molar-refractivity contribution < 1.29 is 18.8 Å². The van der Waals surface area contributed by atoms with Crippen LogP contribution in [0.1, 0.15) is 36.2 Å². The van der Waals surface area contributed by atoms with Crippen molar-refractivity contribution in [3.63, 3.8) is 0 Å². The normalized spacial score (nSPS) is 18.8. The fraction of sp³-hybridized carbons (Fsp3) is 0.632. The molecule has 3 rings (SSSR count). The number of nitrogens with one attached hydrogen (secondary N) is 1. The molecule has 1 aromatic heterocycles. The zero-order valence-electron chi connectivity index (χ0n) is 15.7. The first-order chi connectivity index (χ1) is 13.1. The lowest BCUT2D eigenvalue weighted by Gasteiger charge is -2.35. The molecule has 1 N–H and O–H groups in total. The van der Waals surface area contributed by atoms with Gasteiger partial charge in [-0.3, -0.25) is 19.3 Å². The summed E-state index contributed by atoms with van der Waals surface area (Å²) < 4.78 is 5.00. The molecule has 2 fully saturated rings. The molecular formula is C19H28N4O4. The molecule has 0 unspecified atom stereocenters. The number of carbonyl (C=O) groups excluding carboxylic acids is 3. The highest BCUT2D eigenvalue weighted by Gasteiger charge is 2.24. The maximum Gasteiger partial charge on any atom is 0.287 e. The van der Waals surface area contributed by atoms with Gasteiger partial charge in [-0.2, -0.15) is 0 Å². The van der Waals surface area contributed by atoms with Crippen molar-refractivity contribution in [3.8, 4) is 0 Å². The van der Waals surface area contributed by atoms with E-state index >= 15 is 0 Å². The molecule has 8 nitrogen and oxygen atoms in total. The van der Waals surface area contributed by atoms with Gasteiger partial charge in [0.15, 0.2) is 5.76 Å². The van der Waals surface area contributed by atoms with E-state index in [0.717, 1.165) is 25.9 Å². The summed E-state index contributed by atoms with van der Waals surface area (Å²) in [6, 6.07) is 3.18. The minimum absolute atomic E-state index is 0.0494. The molecule has 148 valence electrons. The minimum atomic E-state index is -0.393. The third-order valence-electron chi connectivity index (χ3n) is 5.19. The standard InChI is InChI=1S/C19H28N4O4/c24-17(14-20-19(26)16-6-5-13-27-16)23-11-9-21(10-12-23)15-18(25)22-7-3-1-2-4-8-22/h5-6,13H,1-4,7-12,14-15H2,(H,20,26). The molecule has 3 heterocycles. The van der Waals surface area contributed by atoms with Gasteiger partial charge in [0.1, 0.15) is 0 Å². The summed E-state index contributed by atoms with van der Waals surface area (Å²) in [5.41, 5.74) is 0. The Bertz CT molecular complexity index is 630. The Labute approximate surface area is 159 Å². The zero-order chi connectivity index (χ0) is 19.1. The van der Waals surface area contributed by atoms with E-state index in [1.807, 2.05) is 4.90 Å². The molecule has 0 bridgehead atoms. The quantitative estimate of drug-likeness (QED) is 0.811. The van der Waals surface area contributed by atoms with E-state index in [0.29, 0.717) is 32.7 Å². The van der Waals surface area contributed by atoms with Crippen molar-refractivity contribution in [1.82, 2.24) is 20.0 Å². The van der Waals surface area contributed by atoms with Gasteiger partial charge in [-0.25, -0.2) is 0 Å². The van der Waals surface area contributed by atoms with Crippen LogP contribution in [-0.2, 0) is 9.59 Å².